The molecular formula is C20H19FN6. The highest BCUT2D eigenvalue weighted by molar-refractivity contribution is 5.84. The van der Waals surface area contributed by atoms with Gasteiger partial charge in [0.1, 0.15) is 11.6 Å². The van der Waals surface area contributed by atoms with E-state index in [1.165, 1.54) is 0 Å². The maximum atomic E-state index is 14.9. The van der Waals surface area contributed by atoms with Crippen LogP contribution in [0.4, 0.5) is 4.39 Å². The van der Waals surface area contributed by atoms with Gasteiger partial charge in [0.15, 0.2) is 5.65 Å². The molecular weight excluding hydrogens is 343 g/mol. The molecule has 0 saturated carbocycles. The third-order valence-electron chi connectivity index (χ3n) is 5.20. The Hall–Kier alpha value is -2.93. The molecule has 0 aliphatic carbocycles. The van der Waals surface area contributed by atoms with E-state index in [4.69, 9.17) is 0 Å². The second-order valence-corrected chi connectivity index (χ2v) is 7.06. The molecule has 1 saturated heterocycles. The molecule has 0 amide bonds. The van der Waals surface area contributed by atoms with Crippen LogP contribution in [0.25, 0.3) is 27.7 Å². The van der Waals surface area contributed by atoms with Gasteiger partial charge in [-0.1, -0.05) is 0 Å². The van der Waals surface area contributed by atoms with Gasteiger partial charge in [-0.25, -0.2) is 13.9 Å². The highest BCUT2D eigenvalue weighted by atomic mass is 19.1. The zero-order chi connectivity index (χ0) is 18.4. The lowest BCUT2D eigenvalue weighted by Crippen LogP contribution is -2.27. The van der Waals surface area contributed by atoms with Crippen LogP contribution in [0.5, 0.6) is 0 Å². The smallest absolute Gasteiger partial charge is 0.155 e. The van der Waals surface area contributed by atoms with Crippen molar-refractivity contribution in [1.29, 1.82) is 0 Å². The lowest BCUT2D eigenvalue weighted by Gasteiger charge is -2.21. The molecule has 0 radical (unpaired) electrons. The normalized spacial score (nSPS) is 15.6. The Balaban J connectivity index is 1.57. The molecule has 0 spiro atoms. The SMILES string of the molecule is Cc1nc2ccc(-c3cc(F)c4cc(C5CCNCC5)nnc4c3)cn2n1. The second-order valence-electron chi connectivity index (χ2n) is 7.06. The van der Waals surface area contributed by atoms with Gasteiger partial charge in [0.2, 0.25) is 0 Å². The average Bonchev–Trinajstić information content (AvgIpc) is 3.07. The third-order valence-corrected chi connectivity index (χ3v) is 5.20. The highest BCUT2D eigenvalue weighted by Gasteiger charge is 2.18. The fraction of sp³-hybridized carbons (Fsp3) is 0.300. The summed E-state index contributed by atoms with van der Waals surface area (Å²) in [6.45, 7) is 3.78. The van der Waals surface area contributed by atoms with E-state index in [0.29, 0.717) is 22.6 Å². The van der Waals surface area contributed by atoms with E-state index in [2.05, 4.69) is 25.6 Å². The molecule has 7 heteroatoms. The predicted molar refractivity (Wildman–Crippen MR) is 101 cm³/mol. The molecule has 1 N–H and O–H groups in total. The van der Waals surface area contributed by atoms with Gasteiger partial charge in [-0.2, -0.15) is 15.3 Å². The summed E-state index contributed by atoms with van der Waals surface area (Å²) < 4.78 is 16.6. The van der Waals surface area contributed by atoms with Crippen LogP contribution in [0.2, 0.25) is 0 Å². The van der Waals surface area contributed by atoms with E-state index in [1.807, 2.05) is 37.4 Å². The largest absolute Gasteiger partial charge is 0.317 e. The van der Waals surface area contributed by atoms with Crippen molar-refractivity contribution in [2.75, 3.05) is 13.1 Å². The van der Waals surface area contributed by atoms with Crippen molar-refractivity contribution in [2.45, 2.75) is 25.7 Å². The van der Waals surface area contributed by atoms with Crippen molar-refractivity contribution in [3.63, 3.8) is 0 Å². The van der Waals surface area contributed by atoms with Crippen LogP contribution < -0.4 is 5.32 Å². The molecule has 27 heavy (non-hydrogen) atoms. The van der Waals surface area contributed by atoms with Crippen molar-refractivity contribution in [1.82, 2.24) is 30.1 Å². The Kier molecular flexibility index (Phi) is 3.82. The first kappa shape index (κ1) is 16.3. The molecule has 0 unspecified atom stereocenters. The Labute approximate surface area is 155 Å². The summed E-state index contributed by atoms with van der Waals surface area (Å²) in [6.07, 6.45) is 3.88. The standard InChI is InChI=1S/C20H19FN6/c1-12-23-20-3-2-14(11-27(20)26-12)15-8-17(21)16-10-18(24-25-19(16)9-15)13-4-6-22-7-5-13/h2-3,8-11,13,22H,4-7H2,1H3. The van der Waals surface area contributed by atoms with Crippen molar-refractivity contribution < 1.29 is 4.39 Å². The number of pyridine rings is 1. The van der Waals surface area contributed by atoms with Gasteiger partial charge in [-0.15, -0.1) is 0 Å². The fourth-order valence-electron chi connectivity index (χ4n) is 3.77. The molecule has 4 aromatic rings. The first-order chi connectivity index (χ1) is 13.2. The quantitative estimate of drug-likeness (QED) is 0.593. The summed E-state index contributed by atoms with van der Waals surface area (Å²) >= 11 is 0. The van der Waals surface area contributed by atoms with Crippen LogP contribution in [-0.2, 0) is 0 Å². The van der Waals surface area contributed by atoms with E-state index in [1.54, 1.807) is 10.6 Å². The second kappa shape index (κ2) is 6.35. The van der Waals surface area contributed by atoms with E-state index in [9.17, 15) is 4.39 Å². The van der Waals surface area contributed by atoms with E-state index in [0.717, 1.165) is 48.4 Å². The number of fused-ring (bicyclic) bond motifs is 2. The summed E-state index contributed by atoms with van der Waals surface area (Å²) in [5.41, 5.74) is 3.83. The molecule has 1 aliphatic heterocycles. The zero-order valence-electron chi connectivity index (χ0n) is 15.0. The summed E-state index contributed by atoms with van der Waals surface area (Å²) in [5, 5.41) is 16.9. The van der Waals surface area contributed by atoms with E-state index >= 15 is 0 Å². The molecule has 1 aliphatic rings. The number of hydrogen-bond donors (Lipinski definition) is 1. The monoisotopic (exact) mass is 362 g/mol. The van der Waals surface area contributed by atoms with Crippen LogP contribution in [0.15, 0.2) is 36.5 Å². The van der Waals surface area contributed by atoms with E-state index < -0.39 is 0 Å². The summed E-state index contributed by atoms with van der Waals surface area (Å²) in [4.78, 5) is 4.32. The van der Waals surface area contributed by atoms with Crippen molar-refractivity contribution in [3.8, 4) is 11.1 Å². The maximum absolute atomic E-state index is 14.9. The van der Waals surface area contributed by atoms with Crippen LogP contribution in [0.1, 0.15) is 30.3 Å². The Morgan fingerprint density at radius 1 is 1.07 bits per heavy atom. The minimum atomic E-state index is -0.276. The lowest BCUT2D eigenvalue weighted by molar-refractivity contribution is 0.451. The molecule has 3 aromatic heterocycles. The predicted octanol–water partition coefficient (Wildman–Crippen LogP) is 3.25. The number of halogens is 1. The highest BCUT2D eigenvalue weighted by Crippen LogP contribution is 2.29. The molecule has 0 bridgehead atoms. The van der Waals surface area contributed by atoms with Gasteiger partial charge < -0.3 is 5.32 Å². The maximum Gasteiger partial charge on any atom is 0.155 e. The molecule has 1 aromatic carbocycles. The van der Waals surface area contributed by atoms with Gasteiger partial charge in [0.25, 0.3) is 0 Å². The number of hydrogen-bond acceptors (Lipinski definition) is 5. The summed E-state index contributed by atoms with van der Waals surface area (Å²) in [6, 6.07) is 9.09. The van der Waals surface area contributed by atoms with Crippen molar-refractivity contribution >= 4 is 16.6 Å². The number of aromatic nitrogens is 5. The van der Waals surface area contributed by atoms with Crippen LogP contribution >= 0.6 is 0 Å². The van der Waals surface area contributed by atoms with E-state index in [-0.39, 0.29) is 5.82 Å². The minimum absolute atomic E-state index is 0.276. The molecule has 136 valence electrons. The van der Waals surface area contributed by atoms with Gasteiger partial charge in [-0.3, -0.25) is 0 Å². The van der Waals surface area contributed by atoms with Gasteiger partial charge in [0.05, 0.1) is 11.2 Å². The zero-order valence-corrected chi connectivity index (χ0v) is 15.0. The molecule has 5 rings (SSSR count). The molecule has 1 fully saturated rings. The van der Waals surface area contributed by atoms with Crippen LogP contribution in [0.3, 0.4) is 0 Å². The first-order valence-electron chi connectivity index (χ1n) is 9.18. The number of nitrogens with zero attached hydrogens (tertiary/aromatic N) is 5. The Morgan fingerprint density at radius 2 is 1.93 bits per heavy atom. The first-order valence-corrected chi connectivity index (χ1v) is 9.18. The van der Waals surface area contributed by atoms with Crippen LogP contribution in [0, 0.1) is 12.7 Å². The number of aryl methyl sites for hydroxylation is 1. The number of rotatable bonds is 2. The van der Waals surface area contributed by atoms with Crippen molar-refractivity contribution in [3.05, 3.63) is 53.9 Å². The number of benzene rings is 1. The fourth-order valence-corrected chi connectivity index (χ4v) is 3.77. The summed E-state index contributed by atoms with van der Waals surface area (Å²) in [5.74, 6) is 0.774. The topological polar surface area (TPSA) is 68.0 Å². The van der Waals surface area contributed by atoms with Gasteiger partial charge >= 0.3 is 0 Å². The minimum Gasteiger partial charge on any atom is -0.317 e. The van der Waals surface area contributed by atoms with Crippen molar-refractivity contribution in [2.24, 2.45) is 0 Å². The summed E-state index contributed by atoms with van der Waals surface area (Å²) in [7, 11) is 0. The molecule has 4 heterocycles. The van der Waals surface area contributed by atoms with Gasteiger partial charge in [-0.05, 0) is 68.8 Å². The van der Waals surface area contributed by atoms with Gasteiger partial charge in [0, 0.05) is 23.1 Å². The molecule has 6 nitrogen and oxygen atoms in total. The molecule has 0 atom stereocenters. The lowest BCUT2D eigenvalue weighted by atomic mass is 9.93. The average molecular weight is 362 g/mol. The Morgan fingerprint density at radius 3 is 2.78 bits per heavy atom. The number of piperidine rings is 1. The number of nitrogens with one attached hydrogen (secondary N) is 1. The third kappa shape index (κ3) is 2.94. The Bertz CT molecular complexity index is 1150. The van der Waals surface area contributed by atoms with Crippen LogP contribution in [-0.4, -0.2) is 37.9 Å².